The van der Waals surface area contributed by atoms with Gasteiger partial charge in [0.15, 0.2) is 11.5 Å². The zero-order chi connectivity index (χ0) is 18.0. The Morgan fingerprint density at radius 1 is 1.36 bits per heavy atom. The van der Waals surface area contributed by atoms with Gasteiger partial charge in [0.25, 0.3) is 5.89 Å². The maximum atomic E-state index is 13.9. The van der Waals surface area contributed by atoms with Gasteiger partial charge in [-0.15, -0.1) is 0 Å². The predicted octanol–water partition coefficient (Wildman–Crippen LogP) is 0.896. The molecular formula is C15H12FN5O4. The first kappa shape index (κ1) is 16.5. The van der Waals surface area contributed by atoms with Crippen LogP contribution in [0.4, 0.5) is 4.39 Å². The zero-order valence-electron chi connectivity index (χ0n) is 12.7. The number of hydrogen-bond donors (Lipinski definition) is 2. The first-order valence-electron chi connectivity index (χ1n) is 7.12. The second-order valence-electron chi connectivity index (χ2n) is 5.09. The fourth-order valence-corrected chi connectivity index (χ4v) is 2.09. The van der Waals surface area contributed by atoms with Crippen LogP contribution in [0.2, 0.25) is 0 Å². The molecule has 2 heterocycles. The monoisotopic (exact) mass is 345 g/mol. The smallest absolute Gasteiger partial charge is 0.305 e. The van der Waals surface area contributed by atoms with Gasteiger partial charge in [-0.3, -0.25) is 9.59 Å². The summed E-state index contributed by atoms with van der Waals surface area (Å²) in [6, 6.07) is 6.07. The third-order valence-electron chi connectivity index (χ3n) is 3.28. The van der Waals surface area contributed by atoms with E-state index in [4.69, 9.17) is 15.4 Å². The van der Waals surface area contributed by atoms with Crippen molar-refractivity contribution in [2.45, 2.75) is 12.5 Å². The zero-order valence-corrected chi connectivity index (χ0v) is 12.7. The van der Waals surface area contributed by atoms with E-state index in [0.29, 0.717) is 0 Å². The third-order valence-corrected chi connectivity index (χ3v) is 3.28. The first-order chi connectivity index (χ1) is 12.0. The molecule has 9 nitrogen and oxygen atoms in total. The van der Waals surface area contributed by atoms with E-state index < -0.39 is 29.7 Å². The van der Waals surface area contributed by atoms with Crippen LogP contribution < -0.4 is 11.2 Å². The molecule has 0 unspecified atom stereocenters. The van der Waals surface area contributed by atoms with Crippen LogP contribution in [0.5, 0.6) is 0 Å². The van der Waals surface area contributed by atoms with Crippen molar-refractivity contribution in [3.8, 4) is 17.3 Å². The molecule has 0 fully saturated rings. The number of hydrogen-bond acceptors (Lipinski definition) is 7. The molecule has 0 saturated heterocycles. The second-order valence-corrected chi connectivity index (χ2v) is 5.09. The molecule has 0 spiro atoms. The van der Waals surface area contributed by atoms with Gasteiger partial charge >= 0.3 is 5.97 Å². The van der Waals surface area contributed by atoms with E-state index in [1.54, 1.807) is 6.07 Å². The summed E-state index contributed by atoms with van der Waals surface area (Å²) >= 11 is 0. The van der Waals surface area contributed by atoms with Crippen LogP contribution in [0.3, 0.4) is 0 Å². The van der Waals surface area contributed by atoms with Gasteiger partial charge in [-0.1, -0.05) is 17.3 Å². The Kier molecular flexibility index (Phi) is 4.35. The van der Waals surface area contributed by atoms with Gasteiger partial charge in [0.2, 0.25) is 5.43 Å². The van der Waals surface area contributed by atoms with Crippen LogP contribution in [-0.2, 0) is 4.79 Å². The van der Waals surface area contributed by atoms with Gasteiger partial charge in [-0.05, 0) is 12.1 Å². The number of aromatic nitrogens is 4. The number of halogens is 1. The second kappa shape index (κ2) is 6.61. The minimum atomic E-state index is -1.13. The van der Waals surface area contributed by atoms with Crippen molar-refractivity contribution < 1.29 is 18.8 Å². The van der Waals surface area contributed by atoms with Crippen molar-refractivity contribution in [2.24, 2.45) is 5.73 Å². The lowest BCUT2D eigenvalue weighted by Crippen LogP contribution is -2.16. The summed E-state index contributed by atoms with van der Waals surface area (Å²) in [5.41, 5.74) is 5.06. The number of rotatable bonds is 5. The number of benzene rings is 1. The number of para-hydroxylation sites is 1. The average Bonchev–Trinajstić information content (AvgIpc) is 3.05. The summed E-state index contributed by atoms with van der Waals surface area (Å²) in [7, 11) is 0. The SMILES string of the molecule is N[C@@H](CC(=O)O)c1noc(-c2nn(-c3ccccc3F)ccc2=O)n1. The van der Waals surface area contributed by atoms with Crippen LogP contribution >= 0.6 is 0 Å². The Hall–Kier alpha value is -3.40. The van der Waals surface area contributed by atoms with E-state index in [-0.39, 0.29) is 23.1 Å². The summed E-state index contributed by atoms with van der Waals surface area (Å²) in [5, 5.41) is 16.3. The van der Waals surface area contributed by atoms with Crippen LogP contribution in [0.25, 0.3) is 17.3 Å². The van der Waals surface area contributed by atoms with Gasteiger partial charge in [-0.25, -0.2) is 9.07 Å². The summed E-state index contributed by atoms with van der Waals surface area (Å²) in [5.74, 6) is -1.95. The van der Waals surface area contributed by atoms with Crippen LogP contribution in [0.15, 0.2) is 45.8 Å². The largest absolute Gasteiger partial charge is 0.481 e. The van der Waals surface area contributed by atoms with Gasteiger partial charge < -0.3 is 15.4 Å². The number of carboxylic acids is 1. The Labute approximate surface area is 139 Å². The molecule has 0 amide bonds. The molecular weight excluding hydrogens is 333 g/mol. The molecule has 0 bridgehead atoms. The van der Waals surface area contributed by atoms with Crippen molar-refractivity contribution in [3.05, 3.63) is 58.4 Å². The van der Waals surface area contributed by atoms with Gasteiger partial charge in [0.05, 0.1) is 12.5 Å². The molecule has 0 aliphatic heterocycles. The number of aliphatic carboxylic acids is 1. The quantitative estimate of drug-likeness (QED) is 0.695. The Morgan fingerprint density at radius 2 is 2.12 bits per heavy atom. The van der Waals surface area contributed by atoms with E-state index >= 15 is 0 Å². The first-order valence-corrected chi connectivity index (χ1v) is 7.12. The summed E-state index contributed by atoms with van der Waals surface area (Å²) in [4.78, 5) is 26.6. The highest BCUT2D eigenvalue weighted by atomic mass is 19.1. The predicted molar refractivity (Wildman–Crippen MR) is 82.3 cm³/mol. The molecule has 1 atom stereocenters. The molecule has 1 aromatic carbocycles. The fraction of sp³-hybridized carbons (Fsp3) is 0.133. The highest BCUT2D eigenvalue weighted by molar-refractivity contribution is 5.67. The van der Waals surface area contributed by atoms with Crippen molar-refractivity contribution in [1.29, 1.82) is 0 Å². The van der Waals surface area contributed by atoms with E-state index in [1.807, 2.05) is 0 Å². The number of carboxylic acid groups (broad SMARTS) is 1. The number of nitrogens with zero attached hydrogens (tertiary/aromatic N) is 4. The lowest BCUT2D eigenvalue weighted by Gasteiger charge is -2.06. The maximum absolute atomic E-state index is 13.9. The third kappa shape index (κ3) is 3.43. The maximum Gasteiger partial charge on any atom is 0.305 e. The van der Waals surface area contributed by atoms with Crippen LogP contribution in [0, 0.1) is 5.82 Å². The highest BCUT2D eigenvalue weighted by Crippen LogP contribution is 2.17. The summed E-state index contributed by atoms with van der Waals surface area (Å²) in [6.45, 7) is 0. The average molecular weight is 345 g/mol. The van der Waals surface area contributed by atoms with E-state index in [9.17, 15) is 14.0 Å². The number of carbonyl (C=O) groups is 1. The van der Waals surface area contributed by atoms with Crippen LogP contribution in [0.1, 0.15) is 18.3 Å². The molecule has 3 aromatic rings. The molecule has 3 N–H and O–H groups in total. The molecule has 0 radical (unpaired) electrons. The van der Waals surface area contributed by atoms with Gasteiger partial charge in [0.1, 0.15) is 11.5 Å². The Bertz CT molecular complexity index is 984. The lowest BCUT2D eigenvalue weighted by atomic mass is 10.2. The lowest BCUT2D eigenvalue weighted by molar-refractivity contribution is -0.137. The molecule has 2 aromatic heterocycles. The number of nitrogens with two attached hydrogens (primary N) is 1. The van der Waals surface area contributed by atoms with Gasteiger partial charge in [-0.2, -0.15) is 10.1 Å². The summed E-state index contributed by atoms with van der Waals surface area (Å²) < 4.78 is 20.0. The van der Waals surface area contributed by atoms with Gasteiger partial charge in [0, 0.05) is 12.3 Å². The Morgan fingerprint density at radius 3 is 2.84 bits per heavy atom. The highest BCUT2D eigenvalue weighted by Gasteiger charge is 2.20. The van der Waals surface area contributed by atoms with Crippen molar-refractivity contribution >= 4 is 5.97 Å². The molecule has 128 valence electrons. The Balaban J connectivity index is 2.00. The molecule has 0 saturated carbocycles. The minimum Gasteiger partial charge on any atom is -0.481 e. The van der Waals surface area contributed by atoms with Crippen molar-refractivity contribution in [1.82, 2.24) is 19.9 Å². The van der Waals surface area contributed by atoms with E-state index in [1.165, 1.54) is 30.5 Å². The standard InChI is InChI=1S/C15H12FN5O4/c16-8-3-1-2-4-10(8)21-6-5-11(22)13(19-21)15-18-14(20-25-15)9(17)7-12(23)24/h1-6,9H,7,17H2,(H,23,24)/t9-/m0/s1. The van der Waals surface area contributed by atoms with E-state index in [0.717, 1.165) is 4.68 Å². The topological polar surface area (TPSA) is 137 Å². The molecule has 0 aliphatic rings. The van der Waals surface area contributed by atoms with Crippen molar-refractivity contribution in [2.75, 3.05) is 0 Å². The van der Waals surface area contributed by atoms with Crippen LogP contribution in [-0.4, -0.2) is 31.0 Å². The fourth-order valence-electron chi connectivity index (χ4n) is 2.09. The molecule has 0 aliphatic carbocycles. The van der Waals surface area contributed by atoms with Crippen molar-refractivity contribution in [3.63, 3.8) is 0 Å². The normalized spacial score (nSPS) is 12.1. The van der Waals surface area contributed by atoms with E-state index in [2.05, 4.69) is 15.2 Å². The minimum absolute atomic E-state index is 0.0695. The summed E-state index contributed by atoms with van der Waals surface area (Å²) in [6.07, 6.45) is 0.901. The molecule has 10 heteroatoms. The molecule has 3 rings (SSSR count). The molecule has 25 heavy (non-hydrogen) atoms.